The Hall–Kier alpha value is -2.14. The van der Waals surface area contributed by atoms with Gasteiger partial charge in [0.1, 0.15) is 17.4 Å². The van der Waals surface area contributed by atoms with Gasteiger partial charge in [-0.2, -0.15) is 0 Å². The second kappa shape index (κ2) is 5.24. The van der Waals surface area contributed by atoms with Crippen molar-refractivity contribution < 1.29 is 18.7 Å². The first-order valence-corrected chi connectivity index (χ1v) is 5.60. The number of halogens is 3. The summed E-state index contributed by atoms with van der Waals surface area (Å²) in [7, 11) is 0. The molecule has 2 aromatic rings. The Labute approximate surface area is 112 Å². The maximum Gasteiger partial charge on any atom is 0.258 e. The second-order valence-electron chi connectivity index (χ2n) is 3.74. The summed E-state index contributed by atoms with van der Waals surface area (Å²) >= 11 is 5.79. The highest BCUT2D eigenvalue weighted by Gasteiger charge is 2.14. The number of nitrogens with one attached hydrogen (secondary N) is 1. The first kappa shape index (κ1) is 13.3. The molecule has 2 rings (SSSR count). The van der Waals surface area contributed by atoms with Gasteiger partial charge in [0.2, 0.25) is 0 Å². The molecule has 0 aliphatic carbocycles. The number of carbonyl (C=O) groups is 1. The van der Waals surface area contributed by atoms with Gasteiger partial charge in [-0.3, -0.25) is 4.79 Å². The number of benzene rings is 2. The minimum atomic E-state index is -0.839. The van der Waals surface area contributed by atoms with Crippen molar-refractivity contribution >= 4 is 23.2 Å². The van der Waals surface area contributed by atoms with Gasteiger partial charge < -0.3 is 10.4 Å². The third kappa shape index (κ3) is 3.00. The smallest absolute Gasteiger partial charge is 0.258 e. The average molecular weight is 284 g/mol. The molecule has 0 unspecified atom stereocenters. The molecule has 1 amide bonds. The van der Waals surface area contributed by atoms with Gasteiger partial charge in [0.25, 0.3) is 5.91 Å². The molecule has 0 atom stereocenters. The number of amides is 1. The Balaban J connectivity index is 2.28. The minimum absolute atomic E-state index is 0.0695. The van der Waals surface area contributed by atoms with Crippen molar-refractivity contribution in [2.75, 3.05) is 5.32 Å². The lowest BCUT2D eigenvalue weighted by molar-refractivity contribution is 0.102. The predicted molar refractivity (Wildman–Crippen MR) is 67.4 cm³/mol. The van der Waals surface area contributed by atoms with Crippen molar-refractivity contribution in [3.8, 4) is 5.75 Å². The normalized spacial score (nSPS) is 10.3. The SMILES string of the molecule is O=C(Nc1ccc(O)cc1Cl)c1cc(F)ccc1F. The highest BCUT2D eigenvalue weighted by Crippen LogP contribution is 2.26. The number of hydrogen-bond acceptors (Lipinski definition) is 2. The summed E-state index contributed by atoms with van der Waals surface area (Å²) in [5, 5.41) is 11.6. The van der Waals surface area contributed by atoms with E-state index in [9.17, 15) is 13.6 Å². The van der Waals surface area contributed by atoms with Crippen LogP contribution in [0.15, 0.2) is 36.4 Å². The van der Waals surface area contributed by atoms with E-state index in [4.69, 9.17) is 16.7 Å². The quantitative estimate of drug-likeness (QED) is 0.828. The molecule has 0 fully saturated rings. The minimum Gasteiger partial charge on any atom is -0.508 e. The summed E-state index contributed by atoms with van der Waals surface area (Å²) in [4.78, 5) is 11.8. The van der Waals surface area contributed by atoms with E-state index >= 15 is 0 Å². The highest BCUT2D eigenvalue weighted by atomic mass is 35.5. The lowest BCUT2D eigenvalue weighted by Crippen LogP contribution is -2.14. The van der Waals surface area contributed by atoms with Gasteiger partial charge in [-0.05, 0) is 30.3 Å². The average Bonchev–Trinajstić information content (AvgIpc) is 2.35. The van der Waals surface area contributed by atoms with Gasteiger partial charge in [0.05, 0.1) is 16.3 Å². The van der Waals surface area contributed by atoms with Crippen molar-refractivity contribution in [1.29, 1.82) is 0 Å². The van der Waals surface area contributed by atoms with Crippen LogP contribution in [-0.4, -0.2) is 11.0 Å². The first-order chi connectivity index (χ1) is 8.97. The number of phenols is 1. The van der Waals surface area contributed by atoms with Crippen LogP contribution in [-0.2, 0) is 0 Å². The first-order valence-electron chi connectivity index (χ1n) is 5.22. The molecule has 0 heterocycles. The molecule has 2 N–H and O–H groups in total. The van der Waals surface area contributed by atoms with E-state index in [1.54, 1.807) is 0 Å². The van der Waals surface area contributed by atoms with Crippen LogP contribution in [0.1, 0.15) is 10.4 Å². The molecule has 19 heavy (non-hydrogen) atoms. The maximum absolute atomic E-state index is 13.4. The number of anilines is 1. The van der Waals surface area contributed by atoms with Gasteiger partial charge in [0.15, 0.2) is 0 Å². The molecule has 3 nitrogen and oxygen atoms in total. The fourth-order valence-corrected chi connectivity index (χ4v) is 1.69. The van der Waals surface area contributed by atoms with E-state index in [1.807, 2.05) is 0 Å². The molecule has 98 valence electrons. The van der Waals surface area contributed by atoms with Crippen LogP contribution >= 0.6 is 11.6 Å². The van der Waals surface area contributed by atoms with Gasteiger partial charge >= 0.3 is 0 Å². The molecular weight excluding hydrogens is 276 g/mol. The van der Waals surface area contributed by atoms with E-state index in [0.29, 0.717) is 0 Å². The molecule has 0 aliphatic heterocycles. The highest BCUT2D eigenvalue weighted by molar-refractivity contribution is 6.34. The summed E-state index contributed by atoms with van der Waals surface area (Å²) in [5.74, 6) is -2.46. The van der Waals surface area contributed by atoms with Crippen LogP contribution in [0.25, 0.3) is 0 Å². The maximum atomic E-state index is 13.4. The van der Waals surface area contributed by atoms with Crippen LogP contribution in [0.3, 0.4) is 0 Å². The zero-order valence-corrected chi connectivity index (χ0v) is 10.2. The predicted octanol–water partition coefficient (Wildman–Crippen LogP) is 3.58. The van der Waals surface area contributed by atoms with Gasteiger partial charge in [-0.1, -0.05) is 11.6 Å². The summed E-state index contributed by atoms with van der Waals surface area (Å²) in [6.07, 6.45) is 0. The third-order valence-electron chi connectivity index (χ3n) is 2.37. The number of carbonyl (C=O) groups excluding carboxylic acids is 1. The van der Waals surface area contributed by atoms with Gasteiger partial charge in [-0.15, -0.1) is 0 Å². The molecular formula is C13H8ClF2NO2. The fourth-order valence-electron chi connectivity index (χ4n) is 1.47. The van der Waals surface area contributed by atoms with E-state index < -0.39 is 23.1 Å². The van der Waals surface area contributed by atoms with Crippen molar-refractivity contribution in [3.05, 3.63) is 58.6 Å². The molecule has 6 heteroatoms. The largest absolute Gasteiger partial charge is 0.508 e. The Morgan fingerprint density at radius 1 is 1.16 bits per heavy atom. The molecule has 2 aromatic carbocycles. The number of phenolic OH excluding ortho intramolecular Hbond substituents is 1. The summed E-state index contributed by atoms with van der Waals surface area (Å²) in [6.45, 7) is 0. The Morgan fingerprint density at radius 3 is 2.58 bits per heavy atom. The Bertz CT molecular complexity index is 647. The van der Waals surface area contributed by atoms with Crippen LogP contribution in [0.5, 0.6) is 5.75 Å². The topological polar surface area (TPSA) is 49.3 Å². The molecule has 0 spiro atoms. The Kier molecular flexibility index (Phi) is 3.66. The molecule has 0 saturated heterocycles. The van der Waals surface area contributed by atoms with Crippen LogP contribution in [0.4, 0.5) is 14.5 Å². The molecule has 0 aliphatic rings. The molecule has 0 bridgehead atoms. The van der Waals surface area contributed by atoms with Crippen LogP contribution < -0.4 is 5.32 Å². The standard InChI is InChI=1S/C13H8ClF2NO2/c14-10-6-8(18)2-4-12(10)17-13(19)9-5-7(15)1-3-11(9)16/h1-6,18H,(H,17,19). The van der Waals surface area contributed by atoms with E-state index in [-0.39, 0.29) is 16.5 Å². The number of rotatable bonds is 2. The molecule has 0 saturated carbocycles. The fraction of sp³-hybridized carbons (Fsp3) is 0. The summed E-state index contributed by atoms with van der Waals surface area (Å²) in [5.41, 5.74) is -0.239. The van der Waals surface area contributed by atoms with E-state index in [2.05, 4.69) is 5.32 Å². The lowest BCUT2D eigenvalue weighted by atomic mass is 10.2. The van der Waals surface area contributed by atoms with E-state index in [1.165, 1.54) is 18.2 Å². The number of aromatic hydroxyl groups is 1. The lowest BCUT2D eigenvalue weighted by Gasteiger charge is -2.08. The number of hydrogen-bond donors (Lipinski definition) is 2. The zero-order valence-electron chi connectivity index (χ0n) is 9.45. The van der Waals surface area contributed by atoms with Crippen molar-refractivity contribution in [2.45, 2.75) is 0 Å². The Morgan fingerprint density at radius 2 is 1.89 bits per heavy atom. The van der Waals surface area contributed by atoms with Gasteiger partial charge in [-0.25, -0.2) is 8.78 Å². The zero-order chi connectivity index (χ0) is 14.0. The van der Waals surface area contributed by atoms with Crippen molar-refractivity contribution in [1.82, 2.24) is 0 Å². The van der Waals surface area contributed by atoms with Crippen molar-refractivity contribution in [3.63, 3.8) is 0 Å². The summed E-state index contributed by atoms with van der Waals surface area (Å²) < 4.78 is 26.4. The van der Waals surface area contributed by atoms with Crippen LogP contribution in [0, 0.1) is 11.6 Å². The van der Waals surface area contributed by atoms with E-state index in [0.717, 1.165) is 18.2 Å². The van der Waals surface area contributed by atoms with Gasteiger partial charge in [0, 0.05) is 6.07 Å². The molecule has 0 aromatic heterocycles. The third-order valence-corrected chi connectivity index (χ3v) is 2.69. The monoisotopic (exact) mass is 283 g/mol. The summed E-state index contributed by atoms with van der Waals surface area (Å²) in [6, 6.07) is 6.45. The second-order valence-corrected chi connectivity index (χ2v) is 4.15. The molecule has 0 radical (unpaired) electrons. The van der Waals surface area contributed by atoms with Crippen molar-refractivity contribution in [2.24, 2.45) is 0 Å². The van der Waals surface area contributed by atoms with Crippen LogP contribution in [0.2, 0.25) is 5.02 Å².